The van der Waals surface area contributed by atoms with Crippen molar-refractivity contribution in [3.05, 3.63) is 62.9 Å². The lowest BCUT2D eigenvalue weighted by atomic mass is 10.1. The SMILES string of the molecule is N#Cc1ccc(S(=O)(=O)NC(=O)[C@H]2O[C@@H](n3ccc(=O)[nH]c3=O)[C@H](O)[C@@H]2O)cc1. The van der Waals surface area contributed by atoms with Gasteiger partial charge in [-0.2, -0.15) is 5.26 Å². The first-order valence-corrected chi connectivity index (χ1v) is 9.52. The maximum absolute atomic E-state index is 12.3. The second-order valence-electron chi connectivity index (χ2n) is 6.05. The Hall–Kier alpha value is -3.31. The van der Waals surface area contributed by atoms with Crippen molar-refractivity contribution >= 4 is 15.9 Å². The van der Waals surface area contributed by atoms with E-state index in [0.29, 0.717) is 0 Å². The topological polar surface area (TPSA) is 192 Å². The van der Waals surface area contributed by atoms with Crippen molar-refractivity contribution < 1.29 is 28.2 Å². The van der Waals surface area contributed by atoms with Crippen LogP contribution in [0.15, 0.2) is 51.0 Å². The fraction of sp³-hybridized carbons (Fsp3) is 0.250. The van der Waals surface area contributed by atoms with Gasteiger partial charge in [0.15, 0.2) is 12.3 Å². The van der Waals surface area contributed by atoms with Crippen LogP contribution >= 0.6 is 0 Å². The van der Waals surface area contributed by atoms with Crippen molar-refractivity contribution in [2.24, 2.45) is 0 Å². The van der Waals surface area contributed by atoms with Gasteiger partial charge in [-0.3, -0.25) is 19.1 Å². The second kappa shape index (κ2) is 7.60. The van der Waals surface area contributed by atoms with Crippen LogP contribution in [0.3, 0.4) is 0 Å². The number of nitrogens with zero attached hydrogens (tertiary/aromatic N) is 2. The van der Waals surface area contributed by atoms with Crippen LogP contribution < -0.4 is 16.0 Å². The number of nitrogens with one attached hydrogen (secondary N) is 2. The van der Waals surface area contributed by atoms with Crippen LogP contribution in [0.1, 0.15) is 11.8 Å². The average molecular weight is 422 g/mol. The Labute approximate surface area is 162 Å². The minimum Gasteiger partial charge on any atom is -0.387 e. The molecule has 1 aliphatic heterocycles. The molecule has 0 unspecified atom stereocenters. The summed E-state index contributed by atoms with van der Waals surface area (Å²) < 4.78 is 32.3. The second-order valence-corrected chi connectivity index (χ2v) is 7.73. The lowest BCUT2D eigenvalue weighted by Crippen LogP contribution is -2.44. The van der Waals surface area contributed by atoms with Crippen LogP contribution in [-0.2, 0) is 19.6 Å². The van der Waals surface area contributed by atoms with Crippen molar-refractivity contribution in [1.82, 2.24) is 14.3 Å². The van der Waals surface area contributed by atoms with Crippen molar-refractivity contribution in [2.75, 3.05) is 0 Å². The molecule has 0 bridgehead atoms. The van der Waals surface area contributed by atoms with Crippen molar-refractivity contribution in [1.29, 1.82) is 5.26 Å². The third-order valence-corrected chi connectivity index (χ3v) is 5.51. The molecule has 0 radical (unpaired) electrons. The lowest BCUT2D eigenvalue weighted by Gasteiger charge is -2.16. The number of aliphatic hydroxyl groups excluding tert-OH is 2. The van der Waals surface area contributed by atoms with E-state index in [1.54, 1.807) is 4.72 Å². The molecule has 12 nitrogen and oxygen atoms in total. The van der Waals surface area contributed by atoms with Gasteiger partial charge in [-0.1, -0.05) is 0 Å². The number of benzene rings is 1. The highest BCUT2D eigenvalue weighted by Gasteiger charge is 2.48. The summed E-state index contributed by atoms with van der Waals surface area (Å²) in [6.45, 7) is 0. The van der Waals surface area contributed by atoms with E-state index < -0.39 is 51.7 Å². The molecule has 2 aromatic rings. The fourth-order valence-corrected chi connectivity index (χ4v) is 3.68. The molecule has 1 aliphatic rings. The van der Waals surface area contributed by atoms with Gasteiger partial charge in [0, 0.05) is 12.3 Å². The molecule has 1 fully saturated rings. The molecule has 3 rings (SSSR count). The Morgan fingerprint density at radius 3 is 2.41 bits per heavy atom. The van der Waals surface area contributed by atoms with E-state index in [2.05, 4.69) is 0 Å². The van der Waals surface area contributed by atoms with Crippen LogP contribution in [0.2, 0.25) is 0 Å². The lowest BCUT2D eigenvalue weighted by molar-refractivity contribution is -0.135. The van der Waals surface area contributed by atoms with Crippen molar-refractivity contribution in [3.63, 3.8) is 0 Å². The molecule has 4 atom stereocenters. The van der Waals surface area contributed by atoms with E-state index in [-0.39, 0.29) is 10.5 Å². The first-order chi connectivity index (χ1) is 13.6. The monoisotopic (exact) mass is 422 g/mol. The van der Waals surface area contributed by atoms with E-state index in [0.717, 1.165) is 29.0 Å². The summed E-state index contributed by atoms with van der Waals surface area (Å²) in [6.07, 6.45) is -5.97. The number of amides is 1. The van der Waals surface area contributed by atoms with E-state index in [9.17, 15) is 33.0 Å². The number of aromatic amines is 1. The summed E-state index contributed by atoms with van der Waals surface area (Å²) in [5, 5.41) is 28.9. The predicted molar refractivity (Wildman–Crippen MR) is 93.7 cm³/mol. The van der Waals surface area contributed by atoms with E-state index in [4.69, 9.17) is 10.00 Å². The highest BCUT2D eigenvalue weighted by molar-refractivity contribution is 7.90. The molecule has 13 heteroatoms. The number of sulfonamides is 1. The Balaban J connectivity index is 1.81. The molecular formula is C16H14N4O8S. The quantitative estimate of drug-likeness (QED) is 0.413. The summed E-state index contributed by atoms with van der Waals surface area (Å²) >= 11 is 0. The number of aromatic nitrogens is 2. The third kappa shape index (κ3) is 3.96. The summed E-state index contributed by atoms with van der Waals surface area (Å²) in [7, 11) is -4.36. The van der Waals surface area contributed by atoms with Gasteiger partial charge in [0.2, 0.25) is 0 Å². The highest BCUT2D eigenvalue weighted by atomic mass is 32.2. The molecule has 4 N–H and O–H groups in total. The molecule has 0 spiro atoms. The molecule has 29 heavy (non-hydrogen) atoms. The molecule has 1 amide bonds. The number of hydrogen-bond acceptors (Lipinski definition) is 9. The van der Waals surface area contributed by atoms with Gasteiger partial charge in [0.25, 0.3) is 21.5 Å². The average Bonchev–Trinajstić information content (AvgIpc) is 2.97. The number of hydrogen-bond donors (Lipinski definition) is 4. The van der Waals surface area contributed by atoms with Crippen LogP contribution in [0.25, 0.3) is 0 Å². The third-order valence-electron chi connectivity index (χ3n) is 4.15. The van der Waals surface area contributed by atoms with E-state index >= 15 is 0 Å². The minimum atomic E-state index is -4.36. The molecule has 0 aliphatic carbocycles. The van der Waals surface area contributed by atoms with E-state index in [1.807, 2.05) is 11.1 Å². The van der Waals surface area contributed by atoms with Crippen LogP contribution in [-0.4, -0.2) is 52.4 Å². The number of aliphatic hydroxyl groups is 2. The largest absolute Gasteiger partial charge is 0.387 e. The molecule has 1 aromatic heterocycles. The summed E-state index contributed by atoms with van der Waals surface area (Å²) in [4.78, 5) is 36.9. The van der Waals surface area contributed by atoms with Gasteiger partial charge in [-0.25, -0.2) is 17.9 Å². The zero-order valence-corrected chi connectivity index (χ0v) is 15.2. The number of carbonyl (C=O) groups is 1. The zero-order valence-electron chi connectivity index (χ0n) is 14.4. The smallest absolute Gasteiger partial charge is 0.330 e. The van der Waals surface area contributed by atoms with Gasteiger partial charge < -0.3 is 14.9 Å². The maximum Gasteiger partial charge on any atom is 0.330 e. The van der Waals surface area contributed by atoms with Gasteiger partial charge >= 0.3 is 5.69 Å². The first kappa shape index (κ1) is 20.4. The van der Waals surface area contributed by atoms with Gasteiger partial charge in [-0.15, -0.1) is 0 Å². The number of rotatable bonds is 4. The van der Waals surface area contributed by atoms with Crippen LogP contribution in [0.4, 0.5) is 0 Å². The Kier molecular flexibility index (Phi) is 5.36. The molecule has 1 aromatic carbocycles. The number of nitriles is 1. The van der Waals surface area contributed by atoms with Gasteiger partial charge in [0.1, 0.15) is 12.2 Å². The first-order valence-electron chi connectivity index (χ1n) is 8.04. The molecule has 0 saturated carbocycles. The zero-order chi connectivity index (χ0) is 21.3. The molecule has 152 valence electrons. The minimum absolute atomic E-state index is 0.210. The van der Waals surface area contributed by atoms with Crippen LogP contribution in [0, 0.1) is 11.3 Å². The molecular weight excluding hydrogens is 408 g/mol. The number of H-pyrrole nitrogens is 1. The Morgan fingerprint density at radius 2 is 1.83 bits per heavy atom. The van der Waals surface area contributed by atoms with Crippen LogP contribution in [0.5, 0.6) is 0 Å². The normalized spacial score (nSPS) is 24.0. The maximum atomic E-state index is 12.3. The van der Waals surface area contributed by atoms with Crippen molar-refractivity contribution in [3.8, 4) is 6.07 Å². The van der Waals surface area contributed by atoms with Gasteiger partial charge in [-0.05, 0) is 24.3 Å². The number of ether oxygens (including phenoxy) is 1. The summed E-state index contributed by atoms with van der Waals surface area (Å²) in [6, 6.07) is 7.48. The van der Waals surface area contributed by atoms with E-state index in [1.165, 1.54) is 12.1 Å². The highest BCUT2D eigenvalue weighted by Crippen LogP contribution is 2.28. The fourth-order valence-electron chi connectivity index (χ4n) is 2.69. The standard InChI is InChI=1S/C16H14N4O8S/c17-7-8-1-3-9(4-2-8)29(26,27)19-14(24)13-11(22)12(23)15(28-13)20-6-5-10(21)18-16(20)25/h1-6,11-13,15,22-23H,(H,19,24)(H,18,21,25)/t11-,12+,13-,15+/m0/s1. The van der Waals surface area contributed by atoms with Crippen molar-refractivity contribution in [2.45, 2.75) is 29.4 Å². The Morgan fingerprint density at radius 1 is 1.17 bits per heavy atom. The van der Waals surface area contributed by atoms with Gasteiger partial charge in [0.05, 0.1) is 16.5 Å². The molecule has 1 saturated heterocycles. The number of carbonyl (C=O) groups excluding carboxylic acids is 1. The summed E-state index contributed by atoms with van der Waals surface area (Å²) in [5.41, 5.74) is -1.45. The predicted octanol–water partition coefficient (Wildman–Crippen LogP) is -2.47. The Bertz CT molecular complexity index is 1190. The molecule has 2 heterocycles. The summed E-state index contributed by atoms with van der Waals surface area (Å²) in [5.74, 6) is -1.28.